The lowest BCUT2D eigenvalue weighted by molar-refractivity contribution is -0.147. The minimum absolute atomic E-state index is 0.174. The number of sulfonamides is 1. The van der Waals surface area contributed by atoms with Gasteiger partial charge in [0, 0.05) is 5.54 Å². The zero-order valence-corrected chi connectivity index (χ0v) is 13.6. The predicted octanol–water partition coefficient (Wildman–Crippen LogP) is 2.40. The van der Waals surface area contributed by atoms with Gasteiger partial charge in [0.25, 0.3) is 0 Å². The first-order chi connectivity index (χ1) is 9.53. The van der Waals surface area contributed by atoms with E-state index in [1.807, 2.05) is 0 Å². The van der Waals surface area contributed by atoms with E-state index in [4.69, 9.17) is 0 Å². The van der Waals surface area contributed by atoms with E-state index in [0.29, 0.717) is 18.4 Å². The fraction of sp³-hybridized carbons (Fsp3) is 0.533. The van der Waals surface area contributed by atoms with Crippen LogP contribution in [0.4, 0.5) is 0 Å². The summed E-state index contributed by atoms with van der Waals surface area (Å²) in [6, 6.07) is 6.66. The summed E-state index contributed by atoms with van der Waals surface area (Å²) in [5.41, 5.74) is -1.52. The topological polar surface area (TPSA) is 74.7 Å². The molecule has 1 N–H and O–H groups in total. The molecule has 1 atom stereocenters. The van der Waals surface area contributed by atoms with Crippen LogP contribution in [-0.2, 0) is 14.8 Å². The van der Waals surface area contributed by atoms with E-state index in [9.17, 15) is 18.3 Å². The lowest BCUT2D eigenvalue weighted by Gasteiger charge is -2.38. The van der Waals surface area contributed by atoms with Gasteiger partial charge >= 0.3 is 5.97 Å². The van der Waals surface area contributed by atoms with Crippen LogP contribution in [0.15, 0.2) is 29.2 Å². The molecule has 1 heterocycles. The molecule has 0 amide bonds. The highest BCUT2D eigenvalue weighted by atomic mass is 32.2. The van der Waals surface area contributed by atoms with Crippen LogP contribution in [0.2, 0.25) is 0 Å². The second-order valence-electron chi connectivity index (χ2n) is 6.43. The fourth-order valence-electron chi connectivity index (χ4n) is 3.15. The third-order valence-corrected chi connectivity index (χ3v) is 6.69. The average Bonchev–Trinajstić information content (AvgIpc) is 2.62. The first kappa shape index (κ1) is 16.0. The molecule has 1 saturated heterocycles. The summed E-state index contributed by atoms with van der Waals surface area (Å²) in [4.78, 5) is 11.9. The number of nitrogens with zero attached hydrogens (tertiary/aromatic N) is 1. The smallest absolute Gasteiger partial charge is 0.324 e. The minimum atomic E-state index is -3.88. The van der Waals surface area contributed by atoms with Crippen molar-refractivity contribution in [1.82, 2.24) is 4.31 Å². The van der Waals surface area contributed by atoms with Gasteiger partial charge in [-0.2, -0.15) is 4.31 Å². The second kappa shape index (κ2) is 4.81. The zero-order valence-electron chi connectivity index (χ0n) is 12.8. The first-order valence-electron chi connectivity index (χ1n) is 6.88. The number of carboxylic acid groups (broad SMARTS) is 1. The van der Waals surface area contributed by atoms with E-state index in [0.717, 1.165) is 0 Å². The summed E-state index contributed by atoms with van der Waals surface area (Å²) in [6.45, 7) is 6.75. The van der Waals surface area contributed by atoms with Crippen molar-refractivity contribution in [3.63, 3.8) is 0 Å². The Bertz CT molecular complexity index is 681. The maximum atomic E-state index is 13.1. The summed E-state index contributed by atoms with van der Waals surface area (Å²) in [6.07, 6.45) is 0.821. The molecule has 5 nitrogen and oxygen atoms in total. The molecule has 0 saturated carbocycles. The molecule has 0 aromatic heterocycles. The molecule has 2 rings (SSSR count). The van der Waals surface area contributed by atoms with Crippen molar-refractivity contribution in [2.24, 2.45) is 0 Å². The van der Waals surface area contributed by atoms with Gasteiger partial charge < -0.3 is 5.11 Å². The molecule has 0 unspecified atom stereocenters. The Morgan fingerprint density at radius 1 is 1.19 bits per heavy atom. The normalized spacial score (nSPS) is 25.9. The quantitative estimate of drug-likeness (QED) is 0.930. The van der Waals surface area contributed by atoms with Crippen LogP contribution < -0.4 is 0 Å². The predicted molar refractivity (Wildman–Crippen MR) is 79.6 cm³/mol. The highest BCUT2D eigenvalue weighted by Crippen LogP contribution is 2.45. The number of aliphatic carboxylic acids is 1. The van der Waals surface area contributed by atoms with Crippen molar-refractivity contribution in [2.45, 2.75) is 56.5 Å². The molecular formula is C15H21NO4S. The van der Waals surface area contributed by atoms with Gasteiger partial charge in [-0.25, -0.2) is 8.42 Å². The minimum Gasteiger partial charge on any atom is -0.480 e. The standard InChI is InChI=1S/C15H21NO4S/c1-11-7-5-6-8-12(11)21(19,20)16-14(2,3)9-10-15(16,4)13(17)18/h5-8H,9-10H2,1-4H3,(H,17,18)/t15-/m1/s1. The van der Waals surface area contributed by atoms with Crippen LogP contribution in [0.3, 0.4) is 0 Å². The molecular weight excluding hydrogens is 290 g/mol. The third-order valence-electron chi connectivity index (χ3n) is 4.29. The summed E-state index contributed by atoms with van der Waals surface area (Å²) in [5, 5.41) is 9.55. The Kier molecular flexibility index (Phi) is 3.66. The molecule has 0 spiro atoms. The van der Waals surface area contributed by atoms with E-state index in [1.54, 1.807) is 39.0 Å². The van der Waals surface area contributed by atoms with Gasteiger partial charge in [-0.15, -0.1) is 0 Å². The van der Waals surface area contributed by atoms with Gasteiger partial charge in [-0.1, -0.05) is 18.2 Å². The van der Waals surface area contributed by atoms with Crippen molar-refractivity contribution in [3.05, 3.63) is 29.8 Å². The summed E-state index contributed by atoms with van der Waals surface area (Å²) in [7, 11) is -3.88. The lowest BCUT2D eigenvalue weighted by atomic mass is 9.99. The molecule has 0 bridgehead atoms. The largest absolute Gasteiger partial charge is 0.480 e. The third kappa shape index (κ3) is 2.36. The Balaban J connectivity index is 2.66. The molecule has 0 radical (unpaired) electrons. The monoisotopic (exact) mass is 311 g/mol. The highest BCUT2D eigenvalue weighted by Gasteiger charge is 2.58. The number of carboxylic acids is 1. The summed E-state index contributed by atoms with van der Waals surface area (Å²) < 4.78 is 27.3. The van der Waals surface area contributed by atoms with Crippen LogP contribution in [0.5, 0.6) is 0 Å². The van der Waals surface area contributed by atoms with Gasteiger partial charge in [-0.05, 0) is 52.2 Å². The van der Waals surface area contributed by atoms with Crippen molar-refractivity contribution in [1.29, 1.82) is 0 Å². The van der Waals surface area contributed by atoms with E-state index < -0.39 is 27.1 Å². The van der Waals surface area contributed by atoms with E-state index in [-0.39, 0.29) is 4.90 Å². The Labute approximate surface area is 125 Å². The molecule has 6 heteroatoms. The van der Waals surface area contributed by atoms with Crippen LogP contribution in [0.1, 0.15) is 39.2 Å². The Morgan fingerprint density at radius 3 is 2.29 bits per heavy atom. The van der Waals surface area contributed by atoms with Gasteiger partial charge in [0.15, 0.2) is 0 Å². The molecule has 1 fully saturated rings. The Hall–Kier alpha value is -1.40. The van der Waals surface area contributed by atoms with E-state index in [2.05, 4.69) is 0 Å². The molecule has 116 valence electrons. The van der Waals surface area contributed by atoms with Crippen molar-refractivity contribution >= 4 is 16.0 Å². The number of aryl methyl sites for hydroxylation is 1. The maximum absolute atomic E-state index is 13.1. The lowest BCUT2D eigenvalue weighted by Crippen LogP contribution is -2.56. The summed E-state index contributed by atoms with van der Waals surface area (Å²) >= 11 is 0. The van der Waals surface area contributed by atoms with Gasteiger partial charge in [0.05, 0.1) is 4.90 Å². The Morgan fingerprint density at radius 2 is 1.76 bits per heavy atom. The average molecular weight is 311 g/mol. The fourth-order valence-corrected chi connectivity index (χ4v) is 5.51. The number of rotatable bonds is 3. The van der Waals surface area contributed by atoms with Crippen LogP contribution in [-0.4, -0.2) is 34.9 Å². The number of benzene rings is 1. The number of carbonyl (C=O) groups is 1. The van der Waals surface area contributed by atoms with Crippen LogP contribution >= 0.6 is 0 Å². The number of hydrogen-bond acceptors (Lipinski definition) is 3. The van der Waals surface area contributed by atoms with Crippen molar-refractivity contribution in [2.75, 3.05) is 0 Å². The molecule has 1 aliphatic rings. The first-order valence-corrected chi connectivity index (χ1v) is 8.32. The van der Waals surface area contributed by atoms with Crippen molar-refractivity contribution < 1.29 is 18.3 Å². The van der Waals surface area contributed by atoms with Gasteiger partial charge in [-0.3, -0.25) is 4.79 Å². The van der Waals surface area contributed by atoms with Crippen LogP contribution in [0.25, 0.3) is 0 Å². The van der Waals surface area contributed by atoms with Crippen molar-refractivity contribution in [3.8, 4) is 0 Å². The van der Waals surface area contributed by atoms with Crippen LogP contribution in [0, 0.1) is 6.92 Å². The molecule has 1 aliphatic heterocycles. The van der Waals surface area contributed by atoms with E-state index in [1.165, 1.54) is 17.3 Å². The molecule has 1 aromatic rings. The van der Waals surface area contributed by atoms with Gasteiger partial charge in [0.2, 0.25) is 10.0 Å². The molecule has 0 aliphatic carbocycles. The van der Waals surface area contributed by atoms with E-state index >= 15 is 0 Å². The summed E-state index contributed by atoms with van der Waals surface area (Å²) in [5.74, 6) is -1.11. The second-order valence-corrected chi connectivity index (χ2v) is 8.18. The number of hydrogen-bond donors (Lipinski definition) is 1. The zero-order chi connectivity index (χ0) is 16.1. The maximum Gasteiger partial charge on any atom is 0.324 e. The molecule has 21 heavy (non-hydrogen) atoms. The van der Waals surface area contributed by atoms with Gasteiger partial charge in [0.1, 0.15) is 5.54 Å². The SMILES string of the molecule is Cc1ccccc1S(=O)(=O)N1C(C)(C)CC[C@]1(C)C(=O)O. The highest BCUT2D eigenvalue weighted by molar-refractivity contribution is 7.89. The molecule has 1 aromatic carbocycles.